The second kappa shape index (κ2) is 6.79. The van der Waals surface area contributed by atoms with Crippen LogP contribution >= 0.6 is 23.2 Å². The molecule has 1 aromatic carbocycles. The van der Waals surface area contributed by atoms with Crippen LogP contribution in [0.3, 0.4) is 0 Å². The fraction of sp³-hybridized carbons (Fsp3) is 0.333. The van der Waals surface area contributed by atoms with E-state index in [4.69, 9.17) is 33.7 Å². The first kappa shape index (κ1) is 13.4. The van der Waals surface area contributed by atoms with E-state index >= 15 is 0 Å². The molecule has 0 aliphatic carbocycles. The Morgan fingerprint density at radius 3 is 2.81 bits per heavy atom. The zero-order valence-electron chi connectivity index (χ0n) is 9.12. The van der Waals surface area contributed by atoms with Crippen molar-refractivity contribution in [3.05, 3.63) is 40.4 Å². The highest BCUT2D eigenvalue weighted by Gasteiger charge is 2.09. The maximum atomic E-state index is 5.98. The number of halogens is 2. The molecule has 1 atom stereocenters. The number of rotatable bonds is 5. The van der Waals surface area contributed by atoms with Crippen molar-refractivity contribution in [2.75, 3.05) is 6.61 Å². The van der Waals surface area contributed by atoms with Crippen LogP contribution < -0.4 is 10.5 Å². The van der Waals surface area contributed by atoms with Gasteiger partial charge in [-0.3, -0.25) is 0 Å². The van der Waals surface area contributed by atoms with E-state index in [9.17, 15) is 0 Å². The van der Waals surface area contributed by atoms with E-state index in [-0.39, 0.29) is 12.6 Å². The number of nitrogens with two attached hydrogens (primary N) is 1. The molecule has 88 valence electrons. The molecule has 0 heterocycles. The minimum absolute atomic E-state index is 0.0186. The van der Waals surface area contributed by atoms with Crippen LogP contribution in [0, 0.1) is 0 Å². The zero-order valence-corrected chi connectivity index (χ0v) is 10.6. The largest absolute Gasteiger partial charge is 0.488 e. The van der Waals surface area contributed by atoms with Crippen molar-refractivity contribution in [3.8, 4) is 5.75 Å². The third kappa shape index (κ3) is 3.71. The van der Waals surface area contributed by atoms with Gasteiger partial charge in [-0.2, -0.15) is 0 Å². The first-order valence-electron chi connectivity index (χ1n) is 5.11. The Kier molecular flexibility index (Phi) is 5.67. The fourth-order valence-electron chi connectivity index (χ4n) is 1.32. The molecule has 0 bridgehead atoms. The van der Waals surface area contributed by atoms with Crippen molar-refractivity contribution in [2.45, 2.75) is 19.4 Å². The van der Waals surface area contributed by atoms with E-state index in [1.807, 2.05) is 31.2 Å². The summed E-state index contributed by atoms with van der Waals surface area (Å²) in [5.74, 6) is 0.758. The van der Waals surface area contributed by atoms with Crippen LogP contribution in [0.15, 0.2) is 34.8 Å². The lowest BCUT2D eigenvalue weighted by Gasteiger charge is -2.15. The number of hydrogen-bond donors (Lipinski definition) is 1. The first-order chi connectivity index (χ1) is 7.69. The van der Waals surface area contributed by atoms with Gasteiger partial charge in [0.05, 0.1) is 5.03 Å². The molecule has 4 heteroatoms. The Hall–Kier alpha value is -0.700. The molecule has 0 aliphatic heterocycles. The summed E-state index contributed by atoms with van der Waals surface area (Å²) < 4.78 is 5.55. The second-order valence-corrected chi connectivity index (χ2v) is 4.10. The molecule has 1 aromatic rings. The summed E-state index contributed by atoms with van der Waals surface area (Å²) in [7, 11) is 0. The second-order valence-electron chi connectivity index (χ2n) is 3.40. The van der Waals surface area contributed by atoms with Crippen molar-refractivity contribution >= 4 is 23.2 Å². The lowest BCUT2D eigenvalue weighted by molar-refractivity contribution is 0.352. The van der Waals surface area contributed by atoms with Crippen LogP contribution in [0.2, 0.25) is 0 Å². The Balaban J connectivity index is 2.79. The summed E-state index contributed by atoms with van der Waals surface area (Å²) in [5, 5.41) is 0.460. The monoisotopic (exact) mass is 259 g/mol. The van der Waals surface area contributed by atoms with E-state index in [2.05, 4.69) is 0 Å². The average Bonchev–Trinajstić information content (AvgIpc) is 2.35. The number of benzene rings is 1. The molecular formula is C12H15Cl2NO. The molecule has 2 N–H and O–H groups in total. The fourth-order valence-corrected chi connectivity index (χ4v) is 1.43. The molecular weight excluding hydrogens is 245 g/mol. The molecule has 2 nitrogen and oxygen atoms in total. The number of hydrogen-bond acceptors (Lipinski definition) is 2. The minimum atomic E-state index is -0.0186. The minimum Gasteiger partial charge on any atom is -0.488 e. The van der Waals surface area contributed by atoms with E-state index in [0.717, 1.165) is 17.7 Å². The molecule has 0 aliphatic rings. The van der Waals surface area contributed by atoms with E-state index < -0.39 is 0 Å². The van der Waals surface area contributed by atoms with Crippen molar-refractivity contribution in [1.82, 2.24) is 0 Å². The Labute approximate surface area is 106 Å². The predicted octanol–water partition coefficient (Wildman–Crippen LogP) is 3.79. The summed E-state index contributed by atoms with van der Waals surface area (Å²) in [6, 6.07) is 7.66. The van der Waals surface area contributed by atoms with Gasteiger partial charge in [0.2, 0.25) is 0 Å². The van der Waals surface area contributed by atoms with Gasteiger partial charge in [0, 0.05) is 17.1 Å². The molecule has 0 saturated heterocycles. The molecule has 0 unspecified atom stereocenters. The summed E-state index contributed by atoms with van der Waals surface area (Å²) in [4.78, 5) is 0. The van der Waals surface area contributed by atoms with Crippen LogP contribution in [-0.4, -0.2) is 6.61 Å². The summed E-state index contributed by atoms with van der Waals surface area (Å²) >= 11 is 11.2. The molecule has 0 spiro atoms. The topological polar surface area (TPSA) is 35.2 Å². The van der Waals surface area contributed by atoms with Crippen molar-refractivity contribution < 1.29 is 4.74 Å². The highest BCUT2D eigenvalue weighted by molar-refractivity contribution is 6.36. The van der Waals surface area contributed by atoms with Crippen molar-refractivity contribution in [3.63, 3.8) is 0 Å². The smallest absolute Gasteiger partial charge is 0.125 e. The molecule has 1 rings (SSSR count). The summed E-state index contributed by atoms with van der Waals surface area (Å²) in [5.41, 5.74) is 8.27. The van der Waals surface area contributed by atoms with Gasteiger partial charge in [-0.25, -0.2) is 0 Å². The molecule has 0 amide bonds. The SMILES string of the molecule is CC[C@@H](N)c1ccccc1OCC(Cl)=CCl. The van der Waals surface area contributed by atoms with Gasteiger partial charge < -0.3 is 10.5 Å². The maximum Gasteiger partial charge on any atom is 0.125 e. The lowest BCUT2D eigenvalue weighted by atomic mass is 10.0. The number of para-hydroxylation sites is 1. The average molecular weight is 260 g/mol. The van der Waals surface area contributed by atoms with Gasteiger partial charge in [0.15, 0.2) is 0 Å². The van der Waals surface area contributed by atoms with Gasteiger partial charge in [0.1, 0.15) is 12.4 Å². The van der Waals surface area contributed by atoms with Gasteiger partial charge in [-0.05, 0) is 12.5 Å². The van der Waals surface area contributed by atoms with E-state index in [1.165, 1.54) is 5.54 Å². The Morgan fingerprint density at radius 2 is 2.19 bits per heavy atom. The normalized spacial score (nSPS) is 13.6. The summed E-state index contributed by atoms with van der Waals surface area (Å²) in [6.45, 7) is 2.30. The standard InChI is InChI=1S/C12H15Cl2NO/c1-2-11(15)10-5-3-4-6-12(10)16-8-9(14)7-13/h3-7,11H,2,8,15H2,1H3/t11-/m1/s1. The quantitative estimate of drug-likeness (QED) is 0.874. The number of ether oxygens (including phenoxy) is 1. The Morgan fingerprint density at radius 1 is 1.50 bits per heavy atom. The van der Waals surface area contributed by atoms with Crippen LogP contribution in [0.25, 0.3) is 0 Å². The van der Waals surface area contributed by atoms with Crippen LogP contribution in [0.1, 0.15) is 24.9 Å². The Bertz CT molecular complexity index is 366. The van der Waals surface area contributed by atoms with Crippen molar-refractivity contribution in [1.29, 1.82) is 0 Å². The zero-order chi connectivity index (χ0) is 12.0. The van der Waals surface area contributed by atoms with Crippen LogP contribution in [0.4, 0.5) is 0 Å². The third-order valence-corrected chi connectivity index (χ3v) is 2.84. The van der Waals surface area contributed by atoms with E-state index in [0.29, 0.717) is 5.03 Å². The molecule has 0 radical (unpaired) electrons. The van der Waals surface area contributed by atoms with Gasteiger partial charge in [0.25, 0.3) is 0 Å². The maximum absolute atomic E-state index is 5.98. The van der Waals surface area contributed by atoms with Gasteiger partial charge in [-0.15, -0.1) is 0 Å². The summed E-state index contributed by atoms with van der Waals surface area (Å²) in [6.07, 6.45) is 0.861. The van der Waals surface area contributed by atoms with Crippen LogP contribution in [0.5, 0.6) is 5.75 Å². The molecule has 0 fully saturated rings. The van der Waals surface area contributed by atoms with Gasteiger partial charge in [-0.1, -0.05) is 48.3 Å². The highest BCUT2D eigenvalue weighted by atomic mass is 35.5. The first-order valence-corrected chi connectivity index (χ1v) is 5.92. The van der Waals surface area contributed by atoms with Crippen LogP contribution in [-0.2, 0) is 0 Å². The predicted molar refractivity (Wildman–Crippen MR) is 68.9 cm³/mol. The van der Waals surface area contributed by atoms with Crippen molar-refractivity contribution in [2.24, 2.45) is 5.73 Å². The molecule has 0 aromatic heterocycles. The highest BCUT2D eigenvalue weighted by Crippen LogP contribution is 2.25. The lowest BCUT2D eigenvalue weighted by Crippen LogP contribution is -2.11. The van der Waals surface area contributed by atoms with Gasteiger partial charge >= 0.3 is 0 Å². The molecule has 0 saturated carbocycles. The third-order valence-electron chi connectivity index (χ3n) is 2.24. The van der Waals surface area contributed by atoms with E-state index in [1.54, 1.807) is 0 Å². The molecule has 16 heavy (non-hydrogen) atoms.